The van der Waals surface area contributed by atoms with Crippen molar-refractivity contribution in [1.82, 2.24) is 0 Å². The molecule has 6 aliphatic rings. The van der Waals surface area contributed by atoms with Crippen molar-refractivity contribution in [3.05, 3.63) is 186 Å². The maximum atomic E-state index is 12.4. The number of rotatable bonds is 0. The maximum Gasteiger partial charge on any atom is 0.123 e. The van der Waals surface area contributed by atoms with Crippen LogP contribution in [-0.4, -0.2) is 81.7 Å². The first-order valence-corrected chi connectivity index (χ1v) is 38.7. The van der Waals surface area contributed by atoms with Crippen LogP contribution < -0.4 is 0 Å². The SMILES string of the molecule is Oc1cc(O)c2cc1C1CCCCCCCCC3c4cc(c(O)cc4O)C4CCCCCCCCC2c2cc(c(O)cc2O)C2CCCCCCCCC(c5cc4c(O)cc5O)c4cc(c(O)cc4O)C(CCCCCCCCC(c4cc1c(O)cc4O)c1cc2c(O)cc1O)c1cc3c(O)cc1O. The summed E-state index contributed by atoms with van der Waals surface area (Å²) in [4.78, 5) is 0. The average Bonchev–Trinajstić information content (AvgIpc) is 0.756. The van der Waals surface area contributed by atoms with Gasteiger partial charge in [0.2, 0.25) is 0 Å². The van der Waals surface area contributed by atoms with Gasteiger partial charge in [0, 0.05) is 185 Å². The molecule has 0 unspecified atom stereocenters. The Morgan fingerprint density at radius 2 is 0.192 bits per heavy atom. The highest BCUT2D eigenvalue weighted by molar-refractivity contribution is 5.65. The fourth-order valence-corrected chi connectivity index (χ4v) is 18.8. The molecule has 0 spiro atoms. The summed E-state index contributed by atoms with van der Waals surface area (Å²) in [5, 5.41) is 198. The van der Waals surface area contributed by atoms with E-state index in [1.165, 1.54) is 48.5 Å². The third-order valence-electron chi connectivity index (χ3n) is 24.4. The summed E-state index contributed by atoms with van der Waals surface area (Å²) in [6, 6.07) is 25.0. The van der Waals surface area contributed by atoms with Gasteiger partial charge in [-0.25, -0.2) is 0 Å². The lowest BCUT2D eigenvalue weighted by Crippen LogP contribution is -2.12. The number of hydrogen-bond donors (Lipinski definition) is 16. The monoisotopic (exact) mass is 1420 g/mol. The Bertz CT molecular complexity index is 3390. The predicted molar refractivity (Wildman–Crippen MR) is 401 cm³/mol. The van der Waals surface area contributed by atoms with E-state index in [1.807, 2.05) is 0 Å². The van der Waals surface area contributed by atoms with E-state index in [0.29, 0.717) is 243 Å². The normalized spacial score (nSPS) is 22.8. The van der Waals surface area contributed by atoms with Crippen LogP contribution in [0.4, 0.5) is 0 Å². The molecule has 0 heterocycles. The Hall–Kier alpha value is -9.44. The van der Waals surface area contributed by atoms with E-state index in [0.717, 1.165) is 51.4 Å². The Morgan fingerprint density at radius 1 is 0.115 bits per heavy atom. The molecule has 16 N–H and O–H groups in total. The Balaban J connectivity index is 1.06. The van der Waals surface area contributed by atoms with Gasteiger partial charge in [0.15, 0.2) is 0 Å². The van der Waals surface area contributed by atoms with Gasteiger partial charge in [-0.3, -0.25) is 0 Å². The molecule has 0 saturated heterocycles. The second-order valence-corrected chi connectivity index (χ2v) is 31.0. The number of fused-ring (bicyclic) bond motifs is 28. The molecular formula is C88H104O16. The van der Waals surface area contributed by atoms with Gasteiger partial charge in [0.25, 0.3) is 0 Å². The summed E-state index contributed by atoms with van der Waals surface area (Å²) in [6.45, 7) is 0. The molecule has 16 heteroatoms. The number of benzene rings is 8. The second-order valence-electron chi connectivity index (χ2n) is 31.0. The molecule has 0 saturated carbocycles. The number of hydrogen-bond acceptors (Lipinski definition) is 16. The maximum absolute atomic E-state index is 12.4. The molecule has 6 aliphatic carbocycles. The van der Waals surface area contributed by atoms with Crippen molar-refractivity contribution < 1.29 is 81.7 Å². The Morgan fingerprint density at radius 3 is 0.279 bits per heavy atom. The standard InChI is InChI=1S/C88H104O16/c89-73-41-77(93)61-33-57(73)49-25-17-9-1-2-10-18-26-50-59-35-63(79(95)43-75(59)91)53-29-21-13-5-3-11-19-27-51(61)65-37-69(85(101)45-81(65)97)55-31-23-15-7-8-16-24-32-56(71-39-67(53)83(99)47-87(71)103)72-40-68(84(100)48-88(72)104)54(64-36-60(50)76(92)44-80(64)96)30-22-14-6-4-12-20-28-52(62-34-58(49)74(90)42-78(62)94)66-38-70(55)86(102)46-82(66)98/h33-56,89-104H,1-32H2. The lowest BCUT2D eigenvalue weighted by molar-refractivity contribution is 0.413. The minimum Gasteiger partial charge on any atom is -0.508 e. The van der Waals surface area contributed by atoms with Gasteiger partial charge in [0.05, 0.1) is 0 Å². The zero-order valence-electron chi connectivity index (χ0n) is 59.6. The molecule has 0 radical (unpaired) electrons. The predicted octanol–water partition coefficient (Wildman–Crippen LogP) is 20.9. The molecule has 0 atom stereocenters. The molecular weight excluding hydrogens is 1310 g/mol. The zero-order valence-corrected chi connectivity index (χ0v) is 59.6. The number of aromatic hydroxyl groups is 16. The molecule has 24 bridgehead atoms. The van der Waals surface area contributed by atoms with Crippen molar-refractivity contribution in [2.75, 3.05) is 0 Å². The molecule has 0 fully saturated rings. The smallest absolute Gasteiger partial charge is 0.123 e. The van der Waals surface area contributed by atoms with Crippen LogP contribution in [0.15, 0.2) is 97.1 Å². The van der Waals surface area contributed by atoms with Crippen molar-refractivity contribution in [2.24, 2.45) is 0 Å². The lowest BCUT2D eigenvalue weighted by atomic mass is 9.76. The highest BCUT2D eigenvalue weighted by Gasteiger charge is 2.37. The van der Waals surface area contributed by atoms with Gasteiger partial charge in [-0.05, 0) is 99.9 Å². The summed E-state index contributed by atoms with van der Waals surface area (Å²) >= 11 is 0. The molecule has 104 heavy (non-hydrogen) atoms. The van der Waals surface area contributed by atoms with E-state index < -0.39 is 47.3 Å². The quantitative estimate of drug-likeness (QED) is 0.0671. The molecule has 8 aromatic carbocycles. The first-order chi connectivity index (χ1) is 50.2. The van der Waals surface area contributed by atoms with Crippen molar-refractivity contribution in [2.45, 2.75) is 253 Å². The van der Waals surface area contributed by atoms with Crippen LogP contribution in [0.2, 0.25) is 0 Å². The van der Waals surface area contributed by atoms with Gasteiger partial charge >= 0.3 is 0 Å². The van der Waals surface area contributed by atoms with Crippen molar-refractivity contribution >= 4 is 0 Å². The second kappa shape index (κ2) is 31.9. The molecule has 552 valence electrons. The molecule has 14 rings (SSSR count). The van der Waals surface area contributed by atoms with Crippen LogP contribution in [0.5, 0.6) is 92.0 Å². The fraction of sp³-hybridized carbons (Fsp3) is 0.455. The van der Waals surface area contributed by atoms with E-state index in [1.54, 1.807) is 48.5 Å². The summed E-state index contributed by atoms with van der Waals surface area (Å²) in [5.74, 6) is -9.25. The topological polar surface area (TPSA) is 324 Å². The van der Waals surface area contributed by atoms with E-state index >= 15 is 0 Å². The molecule has 0 aromatic heterocycles. The molecule has 8 aromatic rings. The highest BCUT2D eigenvalue weighted by Crippen LogP contribution is 2.57. The van der Waals surface area contributed by atoms with Gasteiger partial charge in [-0.15, -0.1) is 0 Å². The van der Waals surface area contributed by atoms with Gasteiger partial charge in [-0.2, -0.15) is 0 Å². The number of phenolic OH excluding ortho intramolecular Hbond substituents is 16. The number of phenols is 16. The average molecular weight is 1420 g/mol. The zero-order chi connectivity index (χ0) is 73.0. The van der Waals surface area contributed by atoms with Gasteiger partial charge in [-0.1, -0.05) is 154 Å². The third kappa shape index (κ3) is 15.1. The van der Waals surface area contributed by atoms with Crippen LogP contribution in [-0.2, 0) is 0 Å². The van der Waals surface area contributed by atoms with Crippen LogP contribution in [0.3, 0.4) is 0 Å². The van der Waals surface area contributed by atoms with Crippen LogP contribution in [0.1, 0.15) is 342 Å². The van der Waals surface area contributed by atoms with Gasteiger partial charge < -0.3 is 81.7 Å². The van der Waals surface area contributed by atoms with Gasteiger partial charge in [0.1, 0.15) is 92.0 Å². The van der Waals surface area contributed by atoms with E-state index in [4.69, 9.17) is 0 Å². The Labute approximate surface area is 609 Å². The Kier molecular flexibility index (Phi) is 22.3. The first-order valence-electron chi connectivity index (χ1n) is 38.7. The lowest BCUT2D eigenvalue weighted by Gasteiger charge is -2.29. The minimum atomic E-state index is -0.731. The van der Waals surface area contributed by atoms with Crippen LogP contribution >= 0.6 is 0 Å². The molecule has 0 amide bonds. The summed E-state index contributed by atoms with van der Waals surface area (Å²) in [5.41, 5.74) is 6.67. The molecule has 0 aliphatic heterocycles. The highest BCUT2D eigenvalue weighted by atomic mass is 16.3. The molecule has 16 nitrogen and oxygen atoms in total. The summed E-state index contributed by atoms with van der Waals surface area (Å²) < 4.78 is 0. The largest absolute Gasteiger partial charge is 0.508 e. The van der Waals surface area contributed by atoms with Crippen molar-refractivity contribution in [1.29, 1.82) is 0 Å². The van der Waals surface area contributed by atoms with E-state index in [9.17, 15) is 81.7 Å². The summed E-state index contributed by atoms with van der Waals surface area (Å²) in [6.07, 6.45) is 19.4. The minimum absolute atomic E-state index is 0.213. The summed E-state index contributed by atoms with van der Waals surface area (Å²) in [7, 11) is 0. The van der Waals surface area contributed by atoms with E-state index in [-0.39, 0.29) is 92.0 Å². The van der Waals surface area contributed by atoms with Crippen LogP contribution in [0.25, 0.3) is 0 Å². The third-order valence-corrected chi connectivity index (χ3v) is 24.4. The fourth-order valence-electron chi connectivity index (χ4n) is 18.8. The van der Waals surface area contributed by atoms with E-state index in [2.05, 4.69) is 0 Å². The first kappa shape index (κ1) is 72.9. The van der Waals surface area contributed by atoms with Crippen LogP contribution in [0, 0.1) is 0 Å². The van der Waals surface area contributed by atoms with Crippen molar-refractivity contribution in [3.8, 4) is 92.0 Å². The van der Waals surface area contributed by atoms with Crippen molar-refractivity contribution in [3.63, 3.8) is 0 Å².